The van der Waals surface area contributed by atoms with Crippen LogP contribution >= 0.6 is 0 Å². The molecule has 0 saturated carbocycles. The van der Waals surface area contributed by atoms with Crippen LogP contribution < -0.4 is 15.5 Å². The van der Waals surface area contributed by atoms with Crippen molar-refractivity contribution >= 4 is 29.7 Å². The Hall–Kier alpha value is -3.54. The minimum Gasteiger partial charge on any atom is -0.465 e. The zero-order chi connectivity index (χ0) is 25.2. The molecule has 4 heterocycles. The largest absolute Gasteiger partial charge is 0.465 e. The van der Waals surface area contributed by atoms with Gasteiger partial charge < -0.3 is 19.8 Å². The molecule has 11 nitrogen and oxygen atoms in total. The second kappa shape index (κ2) is 12.8. The first-order valence-corrected chi connectivity index (χ1v) is 11.7. The Morgan fingerprint density at radius 1 is 1.06 bits per heavy atom. The Bertz CT molecular complexity index is 961. The highest BCUT2D eigenvalue weighted by Gasteiger charge is 2.35. The number of rotatable bonds is 4. The quantitative estimate of drug-likeness (QED) is 0.599. The Labute approximate surface area is 204 Å². The lowest BCUT2D eigenvalue weighted by Crippen LogP contribution is -2.55. The summed E-state index contributed by atoms with van der Waals surface area (Å²) in [5.74, 6) is 0.762. The topological polar surface area (TPSA) is 127 Å². The molecule has 3 amide bonds. The second-order valence-electron chi connectivity index (χ2n) is 8.61. The van der Waals surface area contributed by atoms with Crippen molar-refractivity contribution in [2.45, 2.75) is 37.9 Å². The molecule has 0 aromatic carbocycles. The van der Waals surface area contributed by atoms with Crippen molar-refractivity contribution in [2.75, 3.05) is 55.8 Å². The van der Waals surface area contributed by atoms with Crippen LogP contribution in [-0.4, -0.2) is 94.5 Å². The van der Waals surface area contributed by atoms with Crippen molar-refractivity contribution in [3.63, 3.8) is 0 Å². The molecule has 3 N–H and O–H groups in total. The molecule has 2 aliphatic heterocycles. The van der Waals surface area contributed by atoms with Crippen LogP contribution in [0.25, 0.3) is 0 Å². The third-order valence-electron chi connectivity index (χ3n) is 5.96. The van der Waals surface area contributed by atoms with E-state index in [2.05, 4.69) is 37.5 Å². The van der Waals surface area contributed by atoms with Crippen LogP contribution in [0.3, 0.4) is 0 Å². The summed E-state index contributed by atoms with van der Waals surface area (Å²) in [5.41, 5.74) is 0. The number of carboxylic acid groups (broad SMARTS) is 1. The molecule has 12 heteroatoms. The number of nitrogens with zero attached hydrogens (tertiary/aromatic N) is 6. The molecule has 2 saturated heterocycles. The van der Waals surface area contributed by atoms with E-state index in [0.717, 1.165) is 0 Å². The number of hydrogen-bond donors (Lipinski definition) is 3. The Balaban J connectivity index is 0.000000420. The van der Waals surface area contributed by atoms with Crippen LogP contribution in [-0.2, 0) is 0 Å². The van der Waals surface area contributed by atoms with Gasteiger partial charge in [0.25, 0.3) is 0 Å². The minimum absolute atomic E-state index is 0.123. The van der Waals surface area contributed by atoms with E-state index in [9.17, 15) is 14.0 Å². The number of aromatic nitrogens is 3. The lowest BCUT2D eigenvalue weighted by Gasteiger charge is -2.39. The second-order valence-corrected chi connectivity index (χ2v) is 8.61. The number of carbonyl (C=O) groups is 2. The number of piperidine rings is 2. The first-order chi connectivity index (χ1) is 16.8. The number of nitrogens with one attached hydrogen (secondary N) is 2. The van der Waals surface area contributed by atoms with Gasteiger partial charge in [-0.2, -0.15) is 4.98 Å². The van der Waals surface area contributed by atoms with Gasteiger partial charge in [0, 0.05) is 32.5 Å². The molecule has 2 atom stereocenters. The monoisotopic (exact) mass is 488 g/mol. The van der Waals surface area contributed by atoms with Crippen molar-refractivity contribution < 1.29 is 19.1 Å². The van der Waals surface area contributed by atoms with E-state index >= 15 is 0 Å². The number of likely N-dealkylation sites (N-methyl/N-ethyl adjacent to an activating group) is 1. The average molecular weight is 489 g/mol. The number of pyridine rings is 1. The highest BCUT2D eigenvalue weighted by Crippen LogP contribution is 2.23. The van der Waals surface area contributed by atoms with Crippen molar-refractivity contribution in [1.82, 2.24) is 24.8 Å². The maximum absolute atomic E-state index is 14.5. The molecule has 2 aromatic rings. The van der Waals surface area contributed by atoms with Crippen LogP contribution in [0, 0.1) is 0 Å². The fourth-order valence-electron chi connectivity index (χ4n) is 3.97. The number of alkyl halides is 1. The molecule has 35 heavy (non-hydrogen) atoms. The molecular weight excluding hydrogens is 455 g/mol. The minimum atomic E-state index is -1.24. The van der Waals surface area contributed by atoms with Gasteiger partial charge in [0.05, 0.1) is 6.04 Å². The van der Waals surface area contributed by atoms with Gasteiger partial charge in [-0.15, -0.1) is 0 Å². The van der Waals surface area contributed by atoms with Crippen LogP contribution in [0.15, 0.2) is 36.7 Å². The molecule has 0 aliphatic carbocycles. The summed E-state index contributed by atoms with van der Waals surface area (Å²) >= 11 is 0. The zero-order valence-electron chi connectivity index (χ0n) is 20.1. The third kappa shape index (κ3) is 8.02. The van der Waals surface area contributed by atoms with Crippen molar-refractivity contribution in [3.8, 4) is 0 Å². The van der Waals surface area contributed by atoms with E-state index in [4.69, 9.17) is 5.11 Å². The van der Waals surface area contributed by atoms with Gasteiger partial charge in [-0.3, -0.25) is 10.6 Å². The molecule has 2 fully saturated rings. The lowest BCUT2D eigenvalue weighted by molar-refractivity contribution is 0.133. The first kappa shape index (κ1) is 26.1. The van der Waals surface area contributed by atoms with Gasteiger partial charge >= 0.3 is 12.1 Å². The fourth-order valence-corrected chi connectivity index (χ4v) is 3.97. The first-order valence-electron chi connectivity index (χ1n) is 11.7. The predicted octanol–water partition coefficient (Wildman–Crippen LogP) is 3.14. The highest BCUT2D eigenvalue weighted by molar-refractivity contribution is 5.88. The summed E-state index contributed by atoms with van der Waals surface area (Å²) in [6.45, 7) is 3.16. The smallest absolute Gasteiger partial charge is 0.410 e. The summed E-state index contributed by atoms with van der Waals surface area (Å²) in [4.78, 5) is 40.9. The summed E-state index contributed by atoms with van der Waals surface area (Å²) in [6, 6.07) is 5.32. The van der Waals surface area contributed by atoms with E-state index < -0.39 is 24.3 Å². The number of halogens is 1. The molecule has 2 unspecified atom stereocenters. The normalized spacial score (nSPS) is 20.3. The summed E-state index contributed by atoms with van der Waals surface area (Å²) < 4.78 is 14.5. The van der Waals surface area contributed by atoms with Gasteiger partial charge in [0.1, 0.15) is 17.8 Å². The van der Waals surface area contributed by atoms with Gasteiger partial charge in [-0.25, -0.2) is 23.9 Å². The predicted molar refractivity (Wildman–Crippen MR) is 132 cm³/mol. The SMILES string of the molecule is CN(C(=O)Nc1ccccn1)C1CN(c2nccc(NC(=O)O)n2)CCC1F.CN1CCCCC1. The number of anilines is 3. The van der Waals surface area contributed by atoms with E-state index in [1.807, 2.05) is 0 Å². The Morgan fingerprint density at radius 2 is 1.83 bits per heavy atom. The van der Waals surface area contributed by atoms with Crippen molar-refractivity contribution in [3.05, 3.63) is 36.7 Å². The van der Waals surface area contributed by atoms with E-state index in [1.165, 1.54) is 56.6 Å². The highest BCUT2D eigenvalue weighted by atomic mass is 19.1. The van der Waals surface area contributed by atoms with Gasteiger partial charge in [-0.05, 0) is 57.6 Å². The zero-order valence-corrected chi connectivity index (χ0v) is 20.1. The third-order valence-corrected chi connectivity index (χ3v) is 5.96. The fraction of sp³-hybridized carbons (Fsp3) is 0.522. The summed E-state index contributed by atoms with van der Waals surface area (Å²) in [7, 11) is 3.71. The van der Waals surface area contributed by atoms with Crippen LogP contribution in [0.4, 0.5) is 31.6 Å². The van der Waals surface area contributed by atoms with E-state index in [0.29, 0.717) is 12.4 Å². The summed E-state index contributed by atoms with van der Waals surface area (Å²) in [6.07, 6.45) is 4.97. The molecular formula is C23H33FN8O3. The average Bonchev–Trinajstić information content (AvgIpc) is 2.85. The summed E-state index contributed by atoms with van der Waals surface area (Å²) in [5, 5.41) is 13.6. The van der Waals surface area contributed by atoms with Crippen molar-refractivity contribution in [1.29, 1.82) is 0 Å². The molecule has 0 bridgehead atoms. The molecule has 0 spiro atoms. The van der Waals surface area contributed by atoms with Gasteiger partial charge in [0.15, 0.2) is 0 Å². The molecule has 0 radical (unpaired) electrons. The number of amides is 3. The standard InChI is InChI=1S/C17H20FN7O3.C6H13N/c1-24(16(26)22-13-4-2-3-7-19-13)12-10-25(9-6-11(12)18)15-20-8-5-14(21-15)23-17(27)28;1-7-5-3-2-4-6-7/h2-5,7-8,11-12H,6,9-10H2,1H3,(H,27,28)(H,19,22,26)(H,20,21,23);2-6H2,1H3. The van der Waals surface area contributed by atoms with E-state index in [-0.39, 0.29) is 24.7 Å². The van der Waals surface area contributed by atoms with Crippen molar-refractivity contribution in [2.24, 2.45) is 0 Å². The molecule has 190 valence electrons. The number of carbonyl (C=O) groups excluding carboxylic acids is 1. The van der Waals surface area contributed by atoms with Crippen LogP contribution in [0.2, 0.25) is 0 Å². The number of hydrogen-bond acceptors (Lipinski definition) is 7. The maximum Gasteiger partial charge on any atom is 0.410 e. The van der Waals surface area contributed by atoms with Crippen LogP contribution in [0.1, 0.15) is 25.7 Å². The maximum atomic E-state index is 14.5. The Kier molecular flexibility index (Phi) is 9.53. The lowest BCUT2D eigenvalue weighted by atomic mass is 10.0. The number of likely N-dealkylation sites (tertiary alicyclic amines) is 1. The van der Waals surface area contributed by atoms with Gasteiger partial charge in [-0.1, -0.05) is 12.5 Å². The van der Waals surface area contributed by atoms with Crippen LogP contribution in [0.5, 0.6) is 0 Å². The number of urea groups is 1. The Morgan fingerprint density at radius 3 is 2.46 bits per heavy atom. The van der Waals surface area contributed by atoms with E-state index in [1.54, 1.807) is 29.3 Å². The molecule has 2 aromatic heterocycles. The van der Waals surface area contributed by atoms with Gasteiger partial charge in [0.2, 0.25) is 5.95 Å². The molecule has 4 rings (SSSR count). The molecule has 2 aliphatic rings.